The molecule has 0 unspecified atom stereocenters. The van der Waals surface area contributed by atoms with Crippen molar-refractivity contribution in [1.29, 1.82) is 0 Å². The molecule has 10 heteroatoms. The van der Waals surface area contributed by atoms with Gasteiger partial charge in [-0.2, -0.15) is 0 Å². The zero-order valence-corrected chi connectivity index (χ0v) is 17.2. The van der Waals surface area contributed by atoms with Crippen LogP contribution in [0.4, 0.5) is 0 Å². The molecule has 1 saturated heterocycles. The number of aliphatic imine (C=N–C) groups is 1. The Morgan fingerprint density at radius 2 is 2.07 bits per heavy atom. The van der Waals surface area contributed by atoms with Gasteiger partial charge in [0.1, 0.15) is 17.1 Å². The molecule has 29 heavy (non-hydrogen) atoms. The molecule has 2 N–H and O–H groups in total. The van der Waals surface area contributed by atoms with Crippen LogP contribution in [-0.2, 0) is 4.74 Å². The molecule has 2 aromatic rings. The van der Waals surface area contributed by atoms with Crippen LogP contribution < -0.4 is 15.0 Å². The van der Waals surface area contributed by atoms with Crippen LogP contribution >= 0.6 is 12.2 Å². The monoisotopic (exact) mass is 420 g/mol. The second-order valence-electron chi connectivity index (χ2n) is 6.36. The van der Waals surface area contributed by atoms with E-state index in [0.717, 1.165) is 19.6 Å². The average Bonchev–Trinajstić information content (AvgIpc) is 2.73. The van der Waals surface area contributed by atoms with E-state index in [2.05, 4.69) is 14.9 Å². The highest BCUT2D eigenvalue weighted by Crippen LogP contribution is 2.30. The van der Waals surface area contributed by atoms with E-state index in [1.807, 2.05) is 0 Å². The summed E-state index contributed by atoms with van der Waals surface area (Å²) in [4.78, 5) is 21.5. The molecule has 0 aliphatic carbocycles. The lowest BCUT2D eigenvalue weighted by Crippen LogP contribution is -2.37. The molecule has 1 aromatic heterocycles. The van der Waals surface area contributed by atoms with Crippen LogP contribution in [0.2, 0.25) is 0 Å². The summed E-state index contributed by atoms with van der Waals surface area (Å²) >= 11 is 5.26. The van der Waals surface area contributed by atoms with Crippen molar-refractivity contribution in [3.63, 3.8) is 0 Å². The summed E-state index contributed by atoms with van der Waals surface area (Å²) in [5.41, 5.74) is -0.0558. The van der Waals surface area contributed by atoms with E-state index in [-0.39, 0.29) is 16.2 Å². The van der Waals surface area contributed by atoms with Gasteiger partial charge in [-0.3, -0.25) is 24.2 Å². The number of ether oxygens (including phenoxy) is 3. The van der Waals surface area contributed by atoms with Crippen LogP contribution in [0, 0.1) is 4.77 Å². The number of benzene rings is 1. The summed E-state index contributed by atoms with van der Waals surface area (Å²) in [6, 6.07) is 5.07. The molecule has 0 saturated carbocycles. The van der Waals surface area contributed by atoms with Gasteiger partial charge >= 0.3 is 0 Å². The van der Waals surface area contributed by atoms with Crippen molar-refractivity contribution in [2.75, 3.05) is 53.6 Å². The van der Waals surface area contributed by atoms with E-state index >= 15 is 0 Å². The number of hydrogen-bond acceptors (Lipinski definition) is 8. The van der Waals surface area contributed by atoms with Gasteiger partial charge in [0.05, 0.1) is 39.7 Å². The number of aromatic nitrogens is 2. The molecule has 1 aromatic carbocycles. The third-order valence-corrected chi connectivity index (χ3v) is 4.90. The summed E-state index contributed by atoms with van der Waals surface area (Å²) in [7, 11) is 3.04. The predicted molar refractivity (Wildman–Crippen MR) is 112 cm³/mol. The Morgan fingerprint density at radius 1 is 1.31 bits per heavy atom. The fraction of sp³-hybridized carbons (Fsp3) is 0.421. The molecule has 0 atom stereocenters. The Kier molecular flexibility index (Phi) is 7.02. The summed E-state index contributed by atoms with van der Waals surface area (Å²) in [6.45, 7) is 4.40. The highest BCUT2D eigenvalue weighted by atomic mass is 32.1. The first-order valence-corrected chi connectivity index (χ1v) is 9.56. The van der Waals surface area contributed by atoms with Gasteiger partial charge in [-0.1, -0.05) is 0 Å². The van der Waals surface area contributed by atoms with Crippen LogP contribution in [0.1, 0.15) is 5.56 Å². The molecule has 3 rings (SSSR count). The van der Waals surface area contributed by atoms with Crippen LogP contribution in [-0.4, -0.2) is 79.4 Å². The van der Waals surface area contributed by atoms with Crippen molar-refractivity contribution in [1.82, 2.24) is 14.5 Å². The smallest absolute Gasteiger partial charge is 0.264 e. The number of morpholine rings is 1. The minimum Gasteiger partial charge on any atom is -0.497 e. The summed E-state index contributed by atoms with van der Waals surface area (Å²) in [5, 5.41) is 10.8. The van der Waals surface area contributed by atoms with E-state index in [1.54, 1.807) is 18.2 Å². The molecular formula is C19H24N4O5S. The number of aromatic amines is 1. The Bertz CT molecular complexity index is 995. The summed E-state index contributed by atoms with van der Waals surface area (Å²) < 4.78 is 17.3. The van der Waals surface area contributed by atoms with Crippen molar-refractivity contribution >= 4 is 18.4 Å². The fourth-order valence-corrected chi connectivity index (χ4v) is 3.31. The molecule has 1 aliphatic heterocycles. The van der Waals surface area contributed by atoms with Gasteiger partial charge in [0.15, 0.2) is 4.77 Å². The molecule has 0 bridgehead atoms. The van der Waals surface area contributed by atoms with Gasteiger partial charge in [0.25, 0.3) is 5.56 Å². The Hall–Kier alpha value is -2.69. The molecule has 0 spiro atoms. The SMILES string of the molecule is COc1ccc(OC)c(-n2c(O)c(C=NCCN3CCOCC3)c(=O)[nH]c2=S)c1. The number of rotatable bonds is 7. The third kappa shape index (κ3) is 4.84. The minimum absolute atomic E-state index is 0.0189. The number of hydrogen-bond donors (Lipinski definition) is 2. The van der Waals surface area contributed by atoms with E-state index in [4.69, 9.17) is 26.4 Å². The maximum absolute atomic E-state index is 12.3. The first kappa shape index (κ1) is 21.0. The van der Waals surface area contributed by atoms with Gasteiger partial charge in [-0.15, -0.1) is 0 Å². The Labute approximate surface area is 173 Å². The summed E-state index contributed by atoms with van der Waals surface area (Å²) in [5.74, 6) is 0.689. The van der Waals surface area contributed by atoms with Crippen molar-refractivity contribution < 1.29 is 19.3 Å². The first-order chi connectivity index (χ1) is 14.0. The maximum Gasteiger partial charge on any atom is 0.264 e. The molecular weight excluding hydrogens is 396 g/mol. The van der Waals surface area contributed by atoms with E-state index in [9.17, 15) is 9.90 Å². The van der Waals surface area contributed by atoms with Crippen LogP contribution in [0.3, 0.4) is 0 Å². The second-order valence-corrected chi connectivity index (χ2v) is 6.75. The van der Waals surface area contributed by atoms with Crippen molar-refractivity contribution in [3.8, 4) is 23.1 Å². The second kappa shape index (κ2) is 9.68. The zero-order chi connectivity index (χ0) is 20.8. The Morgan fingerprint density at radius 3 is 2.76 bits per heavy atom. The topological polar surface area (TPSA) is 101 Å². The van der Waals surface area contributed by atoms with E-state index in [0.29, 0.717) is 36.9 Å². The highest BCUT2D eigenvalue weighted by Gasteiger charge is 2.16. The lowest BCUT2D eigenvalue weighted by atomic mass is 10.2. The maximum atomic E-state index is 12.3. The number of methoxy groups -OCH3 is 2. The zero-order valence-electron chi connectivity index (χ0n) is 16.4. The molecule has 1 aliphatic rings. The van der Waals surface area contributed by atoms with Crippen LogP contribution in [0.5, 0.6) is 17.4 Å². The Balaban J connectivity index is 1.92. The average molecular weight is 420 g/mol. The molecule has 0 radical (unpaired) electrons. The van der Waals surface area contributed by atoms with E-state index < -0.39 is 5.56 Å². The normalized spacial score (nSPS) is 15.0. The van der Waals surface area contributed by atoms with Gasteiger partial charge in [0, 0.05) is 31.9 Å². The number of nitrogens with one attached hydrogen (secondary N) is 1. The van der Waals surface area contributed by atoms with Crippen molar-refractivity contribution in [2.24, 2.45) is 4.99 Å². The minimum atomic E-state index is -0.513. The molecule has 1 fully saturated rings. The summed E-state index contributed by atoms with van der Waals surface area (Å²) in [6.07, 6.45) is 1.37. The quantitative estimate of drug-likeness (QED) is 0.515. The standard InChI is InChI=1S/C19H24N4O5S/c1-26-13-3-4-16(27-2)15(11-13)23-18(25)14(17(24)21-19(23)29)12-20-5-6-22-7-9-28-10-8-22/h3-4,11-12,25H,5-10H2,1-2H3,(H,21,24,29). The van der Waals surface area contributed by atoms with Crippen molar-refractivity contribution in [2.45, 2.75) is 0 Å². The molecule has 156 valence electrons. The number of nitrogens with zero attached hydrogens (tertiary/aromatic N) is 3. The van der Waals surface area contributed by atoms with Crippen molar-refractivity contribution in [3.05, 3.63) is 38.9 Å². The van der Waals surface area contributed by atoms with Gasteiger partial charge in [-0.25, -0.2) is 0 Å². The fourth-order valence-electron chi connectivity index (χ4n) is 3.03. The van der Waals surface area contributed by atoms with Crippen LogP contribution in [0.15, 0.2) is 28.0 Å². The van der Waals surface area contributed by atoms with E-state index in [1.165, 1.54) is 25.0 Å². The highest BCUT2D eigenvalue weighted by molar-refractivity contribution is 7.71. The lowest BCUT2D eigenvalue weighted by Gasteiger charge is -2.25. The molecule has 9 nitrogen and oxygen atoms in total. The number of aromatic hydroxyl groups is 1. The lowest BCUT2D eigenvalue weighted by molar-refractivity contribution is 0.0395. The predicted octanol–water partition coefficient (Wildman–Crippen LogP) is 1.37. The van der Waals surface area contributed by atoms with Gasteiger partial charge < -0.3 is 19.3 Å². The van der Waals surface area contributed by atoms with Gasteiger partial charge in [0.2, 0.25) is 5.88 Å². The molecule has 2 heterocycles. The van der Waals surface area contributed by atoms with Gasteiger partial charge in [-0.05, 0) is 24.4 Å². The van der Waals surface area contributed by atoms with Crippen LogP contribution in [0.25, 0.3) is 5.69 Å². The third-order valence-electron chi connectivity index (χ3n) is 4.62. The molecule has 0 amide bonds. The number of H-pyrrole nitrogens is 1. The largest absolute Gasteiger partial charge is 0.497 e. The first-order valence-electron chi connectivity index (χ1n) is 9.15.